The van der Waals surface area contributed by atoms with Crippen LogP contribution in [0, 0.1) is 5.92 Å². The van der Waals surface area contributed by atoms with Gasteiger partial charge in [-0.15, -0.1) is 10.2 Å². The van der Waals surface area contributed by atoms with E-state index in [9.17, 15) is 8.42 Å². The van der Waals surface area contributed by atoms with Crippen molar-refractivity contribution in [2.75, 3.05) is 6.61 Å². The molecule has 0 bridgehead atoms. The summed E-state index contributed by atoms with van der Waals surface area (Å²) in [6.07, 6.45) is 2.66. The highest BCUT2D eigenvalue weighted by Gasteiger charge is 2.38. The second-order valence-corrected chi connectivity index (χ2v) is 6.50. The van der Waals surface area contributed by atoms with Crippen molar-refractivity contribution < 1.29 is 13.2 Å². The van der Waals surface area contributed by atoms with E-state index < -0.39 is 10.0 Å². The third kappa shape index (κ3) is 1.94. The van der Waals surface area contributed by atoms with Gasteiger partial charge in [-0.1, -0.05) is 6.92 Å². The molecule has 2 N–H and O–H groups in total. The molecule has 1 saturated heterocycles. The predicted octanol–water partition coefficient (Wildman–Crippen LogP) is 0.358. The molecule has 7 nitrogen and oxygen atoms in total. The lowest BCUT2D eigenvalue weighted by Crippen LogP contribution is -2.20. The van der Waals surface area contributed by atoms with Crippen molar-refractivity contribution >= 4 is 10.0 Å². The van der Waals surface area contributed by atoms with Crippen LogP contribution in [0.2, 0.25) is 0 Å². The molecule has 0 radical (unpaired) electrons. The van der Waals surface area contributed by atoms with Crippen molar-refractivity contribution in [2.24, 2.45) is 11.1 Å². The van der Waals surface area contributed by atoms with Crippen molar-refractivity contribution in [3.05, 3.63) is 5.82 Å². The van der Waals surface area contributed by atoms with Crippen LogP contribution in [0.3, 0.4) is 0 Å². The van der Waals surface area contributed by atoms with Crippen molar-refractivity contribution in [1.82, 2.24) is 14.8 Å². The molecule has 0 amide bonds. The molecule has 2 heterocycles. The number of ether oxygens (including phenoxy) is 1. The Bertz CT molecular complexity index is 564. The molecule has 3 rings (SSSR count). The van der Waals surface area contributed by atoms with Crippen LogP contribution in [-0.4, -0.2) is 29.8 Å². The van der Waals surface area contributed by atoms with Gasteiger partial charge in [0.05, 0.1) is 0 Å². The predicted molar refractivity (Wildman–Crippen MR) is 62.1 cm³/mol. The van der Waals surface area contributed by atoms with Crippen LogP contribution in [0.5, 0.6) is 0 Å². The van der Waals surface area contributed by atoms with Gasteiger partial charge in [-0.3, -0.25) is 4.57 Å². The van der Waals surface area contributed by atoms with E-state index in [2.05, 4.69) is 17.1 Å². The van der Waals surface area contributed by atoms with Gasteiger partial charge in [-0.2, -0.15) is 0 Å². The molecule has 1 aromatic heterocycles. The summed E-state index contributed by atoms with van der Waals surface area (Å²) in [4.78, 5) is 0. The van der Waals surface area contributed by atoms with Crippen LogP contribution < -0.4 is 5.14 Å². The van der Waals surface area contributed by atoms with Crippen LogP contribution in [0.15, 0.2) is 5.16 Å². The van der Waals surface area contributed by atoms with E-state index in [1.807, 2.05) is 0 Å². The van der Waals surface area contributed by atoms with Gasteiger partial charge in [-0.25, -0.2) is 13.6 Å². The third-order valence-corrected chi connectivity index (χ3v) is 4.29. The number of aromatic nitrogens is 3. The van der Waals surface area contributed by atoms with Crippen LogP contribution in [0.1, 0.15) is 44.2 Å². The second kappa shape index (κ2) is 4.01. The van der Waals surface area contributed by atoms with Gasteiger partial charge in [0.1, 0.15) is 6.10 Å². The Morgan fingerprint density at radius 1 is 1.33 bits per heavy atom. The number of hydrogen-bond donors (Lipinski definition) is 1. The molecule has 1 aliphatic heterocycles. The van der Waals surface area contributed by atoms with E-state index in [4.69, 9.17) is 9.88 Å². The molecule has 8 heteroatoms. The molecule has 100 valence electrons. The van der Waals surface area contributed by atoms with Gasteiger partial charge in [0, 0.05) is 12.6 Å². The minimum absolute atomic E-state index is 0.136. The van der Waals surface area contributed by atoms with Crippen molar-refractivity contribution in [3.63, 3.8) is 0 Å². The molecule has 2 fully saturated rings. The van der Waals surface area contributed by atoms with E-state index in [0.717, 1.165) is 19.3 Å². The number of sulfonamides is 1. The molecule has 2 aliphatic rings. The van der Waals surface area contributed by atoms with Gasteiger partial charge in [-0.05, 0) is 25.2 Å². The Morgan fingerprint density at radius 3 is 2.56 bits per heavy atom. The van der Waals surface area contributed by atoms with Crippen molar-refractivity contribution in [2.45, 2.75) is 43.5 Å². The summed E-state index contributed by atoms with van der Waals surface area (Å²) in [5.74, 6) is 0.923. The Balaban J connectivity index is 2.07. The van der Waals surface area contributed by atoms with Crippen LogP contribution in [0.25, 0.3) is 0 Å². The number of primary sulfonamides is 1. The first-order valence-corrected chi connectivity index (χ1v) is 7.62. The van der Waals surface area contributed by atoms with Gasteiger partial charge in [0.15, 0.2) is 5.82 Å². The SMILES string of the molecule is CC1CCOC1c1nnc(S(N)(=O)=O)n1C1CC1. The number of nitrogens with zero attached hydrogens (tertiary/aromatic N) is 3. The van der Waals surface area contributed by atoms with Crippen LogP contribution in [0.4, 0.5) is 0 Å². The molecular weight excluding hydrogens is 256 g/mol. The number of rotatable bonds is 3. The first-order valence-electron chi connectivity index (χ1n) is 6.07. The summed E-state index contributed by atoms with van der Waals surface area (Å²) in [6.45, 7) is 2.74. The van der Waals surface area contributed by atoms with Gasteiger partial charge < -0.3 is 4.74 Å². The third-order valence-electron chi connectivity index (χ3n) is 3.50. The van der Waals surface area contributed by atoms with E-state index in [0.29, 0.717) is 18.3 Å². The maximum absolute atomic E-state index is 11.5. The summed E-state index contributed by atoms with van der Waals surface area (Å²) in [7, 11) is -3.83. The fourth-order valence-corrected chi connectivity index (χ4v) is 3.05. The monoisotopic (exact) mass is 272 g/mol. The molecule has 2 atom stereocenters. The smallest absolute Gasteiger partial charge is 0.273 e. The van der Waals surface area contributed by atoms with E-state index in [-0.39, 0.29) is 17.3 Å². The Labute approximate surface area is 105 Å². The number of hydrogen-bond acceptors (Lipinski definition) is 5. The second-order valence-electron chi connectivity index (χ2n) is 5.04. The van der Waals surface area contributed by atoms with Crippen molar-refractivity contribution in [3.8, 4) is 0 Å². The largest absolute Gasteiger partial charge is 0.370 e. The van der Waals surface area contributed by atoms with Crippen LogP contribution in [-0.2, 0) is 14.8 Å². The van der Waals surface area contributed by atoms with Crippen LogP contribution >= 0.6 is 0 Å². The number of nitrogens with two attached hydrogens (primary N) is 1. The molecule has 1 aliphatic carbocycles. The summed E-state index contributed by atoms with van der Waals surface area (Å²) in [6, 6.07) is 0.153. The quantitative estimate of drug-likeness (QED) is 0.856. The van der Waals surface area contributed by atoms with E-state index in [1.165, 1.54) is 0 Å². The minimum Gasteiger partial charge on any atom is -0.370 e. The highest BCUT2D eigenvalue weighted by molar-refractivity contribution is 7.89. The maximum Gasteiger partial charge on any atom is 0.273 e. The topological polar surface area (TPSA) is 100 Å². The minimum atomic E-state index is -3.83. The zero-order valence-electron chi connectivity index (χ0n) is 10.1. The van der Waals surface area contributed by atoms with Gasteiger partial charge in [0.25, 0.3) is 15.2 Å². The Morgan fingerprint density at radius 2 is 2.06 bits per heavy atom. The summed E-state index contributed by atoms with van der Waals surface area (Å²) in [5.41, 5.74) is 0. The lowest BCUT2D eigenvalue weighted by molar-refractivity contribution is 0.0833. The lowest BCUT2D eigenvalue weighted by Gasteiger charge is -2.15. The van der Waals surface area contributed by atoms with E-state index in [1.54, 1.807) is 4.57 Å². The Hall–Kier alpha value is -0.990. The summed E-state index contributed by atoms with van der Waals surface area (Å²) in [5, 5.41) is 12.8. The highest BCUT2D eigenvalue weighted by Crippen LogP contribution is 2.41. The zero-order chi connectivity index (χ0) is 12.9. The fourth-order valence-electron chi connectivity index (χ4n) is 2.38. The molecule has 1 saturated carbocycles. The first kappa shape index (κ1) is 12.1. The fraction of sp³-hybridized carbons (Fsp3) is 0.800. The molecular formula is C10H16N4O3S. The van der Waals surface area contributed by atoms with Crippen molar-refractivity contribution in [1.29, 1.82) is 0 Å². The van der Waals surface area contributed by atoms with Gasteiger partial charge in [0.2, 0.25) is 0 Å². The maximum atomic E-state index is 11.5. The standard InChI is InChI=1S/C10H16N4O3S/c1-6-4-5-17-8(6)9-12-13-10(18(11,15)16)14(9)7-2-3-7/h6-8H,2-5H2,1H3,(H2,11,15,16). The zero-order valence-corrected chi connectivity index (χ0v) is 10.9. The lowest BCUT2D eigenvalue weighted by atomic mass is 10.0. The molecule has 0 aromatic carbocycles. The Kier molecular flexibility index (Phi) is 2.68. The molecule has 0 spiro atoms. The average Bonchev–Trinajstić information content (AvgIpc) is 2.86. The molecule has 1 aromatic rings. The first-order chi connectivity index (χ1) is 8.48. The molecule has 2 unspecified atom stereocenters. The summed E-state index contributed by atoms with van der Waals surface area (Å²) < 4.78 is 30.3. The average molecular weight is 272 g/mol. The summed E-state index contributed by atoms with van der Waals surface area (Å²) >= 11 is 0. The highest BCUT2D eigenvalue weighted by atomic mass is 32.2. The normalized spacial score (nSPS) is 28.8. The van der Waals surface area contributed by atoms with Gasteiger partial charge >= 0.3 is 0 Å². The molecule has 18 heavy (non-hydrogen) atoms. The van der Waals surface area contributed by atoms with E-state index >= 15 is 0 Å².